The Kier molecular flexibility index (Phi) is 18.0. The van der Waals surface area contributed by atoms with Crippen molar-refractivity contribution in [2.45, 2.75) is 78.0 Å². The molecular weight excluding hydrogens is 636 g/mol. The van der Waals surface area contributed by atoms with Crippen molar-refractivity contribution in [2.75, 3.05) is 33.0 Å². The highest BCUT2D eigenvalue weighted by Crippen LogP contribution is 2.14. The fraction of sp³-hybridized carbons (Fsp3) is 0.531. The van der Waals surface area contributed by atoms with E-state index in [4.69, 9.17) is 33.5 Å². The Labute approximate surface area is 279 Å². The number of rotatable bonds is 21. The van der Waals surface area contributed by atoms with Gasteiger partial charge in [0.1, 0.15) is 50.2 Å². The summed E-state index contributed by atoms with van der Waals surface area (Å²) in [4.78, 5) is 84.7. The Hall–Kier alpha value is -5.15. The van der Waals surface area contributed by atoms with E-state index in [0.29, 0.717) is 0 Å². The van der Waals surface area contributed by atoms with Crippen LogP contribution in [0.4, 0.5) is 9.59 Å². The first-order valence-electron chi connectivity index (χ1n) is 14.6. The van der Waals surface area contributed by atoms with Gasteiger partial charge in [-0.15, -0.1) is 0 Å². The Morgan fingerprint density at radius 1 is 0.604 bits per heavy atom. The molecular formula is C32H46N2O14. The van der Waals surface area contributed by atoms with E-state index in [9.17, 15) is 33.6 Å². The molecule has 1 atom stereocenters. The van der Waals surface area contributed by atoms with Gasteiger partial charge in [0.05, 0.1) is 0 Å². The maximum absolute atomic E-state index is 13.0. The van der Waals surface area contributed by atoms with E-state index in [1.165, 1.54) is 41.5 Å². The van der Waals surface area contributed by atoms with Crippen molar-refractivity contribution in [2.24, 2.45) is 0 Å². The van der Waals surface area contributed by atoms with Gasteiger partial charge in [-0.1, -0.05) is 26.3 Å². The first-order chi connectivity index (χ1) is 22.1. The van der Waals surface area contributed by atoms with E-state index in [1.54, 1.807) is 0 Å². The molecule has 0 aliphatic rings. The second-order valence-corrected chi connectivity index (χ2v) is 11.7. The molecule has 0 spiro atoms. The lowest BCUT2D eigenvalue weighted by Crippen LogP contribution is -2.55. The summed E-state index contributed by atoms with van der Waals surface area (Å²) in [5, 5.41) is 13.9. The Bertz CT molecular complexity index is 1230. The maximum Gasteiger partial charge on any atom is 0.408 e. The van der Waals surface area contributed by atoms with Crippen molar-refractivity contribution < 1.29 is 67.1 Å². The number of aliphatic carboxylic acids is 1. The summed E-state index contributed by atoms with van der Waals surface area (Å²) in [6.45, 7) is 19.9. The molecule has 0 fully saturated rings. The molecule has 268 valence electrons. The first kappa shape index (κ1) is 42.9. The number of carboxylic acid groups (broad SMARTS) is 1. The minimum atomic E-state index is -1.51. The van der Waals surface area contributed by atoms with Crippen molar-refractivity contribution >= 4 is 42.0 Å². The van der Waals surface area contributed by atoms with Crippen LogP contribution in [0.3, 0.4) is 0 Å². The van der Waals surface area contributed by atoms with Gasteiger partial charge < -0.3 is 44.2 Å². The Morgan fingerprint density at radius 2 is 0.938 bits per heavy atom. The number of carbonyl (C=O) groups excluding carboxylic acids is 6. The van der Waals surface area contributed by atoms with Gasteiger partial charge >= 0.3 is 42.0 Å². The van der Waals surface area contributed by atoms with Crippen LogP contribution in [0.1, 0.15) is 60.8 Å². The first-order valence-corrected chi connectivity index (χ1v) is 14.6. The van der Waals surface area contributed by atoms with Gasteiger partial charge in [0, 0.05) is 28.7 Å². The third-order valence-electron chi connectivity index (χ3n) is 5.88. The van der Waals surface area contributed by atoms with Crippen molar-refractivity contribution in [3.8, 4) is 0 Å². The van der Waals surface area contributed by atoms with Gasteiger partial charge in [-0.3, -0.25) is 4.79 Å². The molecule has 3 N–H and O–H groups in total. The molecule has 0 aromatic carbocycles. The number of hydrogen-bond acceptors (Lipinski definition) is 13. The summed E-state index contributed by atoms with van der Waals surface area (Å²) in [7, 11) is 0. The Balaban J connectivity index is 5.79. The lowest BCUT2D eigenvalue weighted by Gasteiger charge is -2.31. The second-order valence-electron chi connectivity index (χ2n) is 11.7. The number of amides is 2. The number of alkyl carbamates (subject to hydrolysis) is 2. The topological polar surface area (TPSA) is 219 Å². The number of hydrogen-bond donors (Lipinski definition) is 3. The molecule has 0 rings (SSSR count). The molecule has 16 heteroatoms. The maximum atomic E-state index is 13.0. The fourth-order valence-corrected chi connectivity index (χ4v) is 3.16. The second kappa shape index (κ2) is 20.2. The normalized spacial score (nSPS) is 11.5. The van der Waals surface area contributed by atoms with Crippen molar-refractivity contribution in [3.63, 3.8) is 0 Å². The van der Waals surface area contributed by atoms with E-state index in [2.05, 4.69) is 36.9 Å². The van der Waals surface area contributed by atoms with Gasteiger partial charge in [0.2, 0.25) is 0 Å². The highest BCUT2D eigenvalue weighted by molar-refractivity contribution is 5.88. The lowest BCUT2D eigenvalue weighted by atomic mass is 10.1. The number of carboxylic acids is 1. The van der Waals surface area contributed by atoms with Crippen LogP contribution in [-0.2, 0) is 52.4 Å². The molecule has 0 saturated carbocycles. The van der Waals surface area contributed by atoms with Crippen molar-refractivity contribution in [1.82, 2.24) is 10.6 Å². The zero-order valence-corrected chi connectivity index (χ0v) is 28.3. The zero-order valence-electron chi connectivity index (χ0n) is 28.3. The van der Waals surface area contributed by atoms with E-state index in [1.807, 2.05) is 0 Å². The quantitative estimate of drug-likeness (QED) is 0.0900. The third-order valence-corrected chi connectivity index (χ3v) is 5.88. The summed E-state index contributed by atoms with van der Waals surface area (Å²) in [5.74, 6) is -4.20. The summed E-state index contributed by atoms with van der Waals surface area (Å²) in [5.41, 5.74) is -2.69. The minimum Gasteiger partial charge on any atom is -0.481 e. The molecule has 0 saturated heterocycles. The molecule has 0 radical (unpaired) electrons. The van der Waals surface area contributed by atoms with E-state index in [-0.39, 0.29) is 41.6 Å². The van der Waals surface area contributed by atoms with Crippen LogP contribution in [0.2, 0.25) is 0 Å². The van der Waals surface area contributed by atoms with Crippen LogP contribution >= 0.6 is 0 Å². The van der Waals surface area contributed by atoms with Crippen LogP contribution in [0.15, 0.2) is 48.6 Å². The smallest absolute Gasteiger partial charge is 0.408 e. The molecule has 48 heavy (non-hydrogen) atoms. The van der Waals surface area contributed by atoms with Crippen LogP contribution in [0.5, 0.6) is 0 Å². The average Bonchev–Trinajstić information content (AvgIpc) is 2.98. The fourth-order valence-electron chi connectivity index (χ4n) is 3.16. The third kappa shape index (κ3) is 18.1. The number of carbonyl (C=O) groups is 7. The summed E-state index contributed by atoms with van der Waals surface area (Å²) >= 11 is 0. The van der Waals surface area contributed by atoms with E-state index >= 15 is 0 Å². The van der Waals surface area contributed by atoms with Crippen LogP contribution in [0, 0.1) is 0 Å². The molecule has 0 aromatic heterocycles. The van der Waals surface area contributed by atoms with Crippen LogP contribution < -0.4 is 10.6 Å². The number of ether oxygens (including phenoxy) is 6. The lowest BCUT2D eigenvalue weighted by molar-refractivity contribution is -0.147. The number of esters is 4. The Morgan fingerprint density at radius 3 is 1.25 bits per heavy atom. The molecule has 2 amide bonds. The molecule has 1 unspecified atom stereocenters. The minimum absolute atomic E-state index is 0.0212. The zero-order chi connectivity index (χ0) is 37.2. The van der Waals surface area contributed by atoms with Gasteiger partial charge in [-0.05, 0) is 54.4 Å². The molecule has 0 bridgehead atoms. The van der Waals surface area contributed by atoms with Crippen LogP contribution in [0.25, 0.3) is 0 Å². The molecule has 0 aliphatic heterocycles. The highest BCUT2D eigenvalue weighted by atomic mass is 16.6. The predicted octanol–water partition coefficient (Wildman–Crippen LogP) is 3.06. The van der Waals surface area contributed by atoms with Gasteiger partial charge in [-0.2, -0.15) is 0 Å². The monoisotopic (exact) mass is 682 g/mol. The molecule has 16 nitrogen and oxygen atoms in total. The molecule has 0 heterocycles. The van der Waals surface area contributed by atoms with E-state index < -0.39 is 92.2 Å². The van der Waals surface area contributed by atoms with E-state index in [0.717, 1.165) is 0 Å². The summed E-state index contributed by atoms with van der Waals surface area (Å²) in [6.07, 6.45) is -3.73. The molecule has 0 aromatic rings. The summed E-state index contributed by atoms with van der Waals surface area (Å²) < 4.78 is 31.2. The van der Waals surface area contributed by atoms with Gasteiger partial charge in [0.15, 0.2) is 0 Å². The van der Waals surface area contributed by atoms with Crippen LogP contribution in [-0.4, -0.2) is 97.4 Å². The summed E-state index contributed by atoms with van der Waals surface area (Å²) in [6, 6.07) is 0. The van der Waals surface area contributed by atoms with Crippen molar-refractivity contribution in [3.05, 3.63) is 48.6 Å². The molecule has 0 aliphatic carbocycles. The highest BCUT2D eigenvalue weighted by Gasteiger charge is 2.34. The average molecular weight is 683 g/mol. The largest absolute Gasteiger partial charge is 0.481 e. The number of nitrogens with one attached hydrogen (secondary N) is 2. The predicted molar refractivity (Wildman–Crippen MR) is 169 cm³/mol. The van der Waals surface area contributed by atoms with Gasteiger partial charge in [-0.25, -0.2) is 28.8 Å². The van der Waals surface area contributed by atoms with Gasteiger partial charge in [0.25, 0.3) is 0 Å². The SMILES string of the molecule is C=C(C)C(=O)OCC(C)(COC(=O)C(=C)C)NC(=O)OCC(CCCC(=O)O)OC(=O)NC(C)(COC(=O)C(=C)C)COC(=O)C(=C)C. The van der Waals surface area contributed by atoms with Crippen molar-refractivity contribution in [1.29, 1.82) is 0 Å². The standard InChI is InChI=1S/C32H46N2O14/c1-19(2)25(37)44-15-31(9,16-45-26(38)20(3)4)33-29(41)43-14-23(12-11-13-24(35)36)48-30(42)34-32(10,17-46-27(39)21(5)6)18-47-28(40)22(7)8/h23H,1,3,5,7,11-18H2,2,4,6,8-10H3,(H,33,41)(H,34,42)(H,35,36).